The van der Waals surface area contributed by atoms with E-state index in [9.17, 15) is 9.90 Å². The summed E-state index contributed by atoms with van der Waals surface area (Å²) in [6.07, 6.45) is -1.50. The van der Waals surface area contributed by atoms with Crippen molar-refractivity contribution < 1.29 is 34.4 Å². The minimum Gasteiger partial charge on any atom is -0.674 e. The van der Waals surface area contributed by atoms with Crippen molar-refractivity contribution >= 4 is 37.2 Å². The second-order valence-electron chi connectivity index (χ2n) is 2.68. The van der Waals surface area contributed by atoms with Crippen LogP contribution in [0.1, 0.15) is 6.92 Å². The smallest absolute Gasteiger partial charge is 0.479 e. The van der Waals surface area contributed by atoms with Crippen LogP contribution in [-0.4, -0.2) is 39.5 Å². The van der Waals surface area contributed by atoms with Crippen molar-refractivity contribution in [2.45, 2.75) is 18.6 Å². The molecule has 0 aliphatic rings. The summed E-state index contributed by atoms with van der Waals surface area (Å²) in [4.78, 5) is 19.5. The van der Waals surface area contributed by atoms with E-state index in [1.807, 2.05) is 0 Å². The van der Waals surface area contributed by atoms with Crippen LogP contribution in [0.4, 0.5) is 0 Å². The molecule has 0 rings (SSSR count). The van der Waals surface area contributed by atoms with Gasteiger partial charge < -0.3 is 20.4 Å². The van der Waals surface area contributed by atoms with Gasteiger partial charge in [-0.1, -0.05) is 0 Å². The Bertz CT molecular complexity index is 233. The number of carbonyl (C=O) groups excluding carboxylic acids is 1. The molecule has 0 bridgehead atoms. The number of carbonyl (C=O) groups is 1. The maximum Gasteiger partial charge on any atom is 0.479 e. The van der Waals surface area contributed by atoms with Crippen molar-refractivity contribution in [3.8, 4) is 0 Å². The van der Waals surface area contributed by atoms with Gasteiger partial charge in [-0.3, -0.25) is 4.79 Å². The molecule has 0 aromatic carbocycles. The van der Waals surface area contributed by atoms with Gasteiger partial charge >= 0.3 is 8.25 Å². The number of hydrogen-bond acceptors (Lipinski definition) is 7. The molecule has 0 fully saturated rings. The molecule has 10 heteroatoms. The first-order valence-electron chi connectivity index (χ1n) is 3.72. The Balaban J connectivity index is 0. The average Bonchev–Trinajstić information content (AvgIpc) is 2.27. The SMILES string of the molecule is CC(=O)C(O)C(O)(CCl)CCl.O=[P+]([O-])O[O-]. The molecule has 0 aromatic rings. The van der Waals surface area contributed by atoms with E-state index in [-0.39, 0.29) is 11.8 Å². The van der Waals surface area contributed by atoms with Gasteiger partial charge in [0.2, 0.25) is 0 Å². The zero-order valence-electron chi connectivity index (χ0n) is 8.13. The third kappa shape index (κ3) is 7.43. The summed E-state index contributed by atoms with van der Waals surface area (Å²) >= 11 is 10.6. The van der Waals surface area contributed by atoms with Gasteiger partial charge in [-0.25, -0.2) is 4.67 Å². The first-order chi connectivity index (χ1) is 7.25. The highest BCUT2D eigenvalue weighted by molar-refractivity contribution is 7.30. The van der Waals surface area contributed by atoms with E-state index in [2.05, 4.69) is 4.67 Å². The maximum absolute atomic E-state index is 10.6. The molecule has 0 radical (unpaired) electrons. The lowest BCUT2D eigenvalue weighted by Gasteiger charge is -2.26. The molecule has 2 unspecified atom stereocenters. The normalized spacial score (nSPS) is 13.6. The Morgan fingerprint density at radius 3 is 1.94 bits per heavy atom. The van der Waals surface area contributed by atoms with Crippen molar-refractivity contribution in [1.82, 2.24) is 0 Å². The highest BCUT2D eigenvalue weighted by atomic mass is 35.5. The molecule has 2 N–H and O–H groups in total. The van der Waals surface area contributed by atoms with Crippen LogP contribution in [0.5, 0.6) is 0 Å². The summed E-state index contributed by atoms with van der Waals surface area (Å²) in [5, 5.41) is 26.9. The van der Waals surface area contributed by atoms with Crippen molar-refractivity contribution in [1.29, 1.82) is 0 Å². The van der Waals surface area contributed by atoms with Gasteiger partial charge in [0, 0.05) is 0 Å². The van der Waals surface area contributed by atoms with Crippen molar-refractivity contribution in [3.05, 3.63) is 0 Å². The fraction of sp³-hybridized carbons (Fsp3) is 0.833. The number of Topliss-reactive ketones (excluding diaryl/α,β-unsaturated/α-hetero) is 1. The molecular formula is C6H10Cl2O7P-. The van der Waals surface area contributed by atoms with Gasteiger partial charge in [0.25, 0.3) is 0 Å². The summed E-state index contributed by atoms with van der Waals surface area (Å²) in [6.45, 7) is 1.16. The average molecular weight is 296 g/mol. The predicted molar refractivity (Wildman–Crippen MR) is 51.8 cm³/mol. The van der Waals surface area contributed by atoms with E-state index < -0.39 is 25.7 Å². The third-order valence-corrected chi connectivity index (χ3v) is 2.47. The second-order valence-corrected chi connectivity index (χ2v) is 3.81. The third-order valence-electron chi connectivity index (χ3n) is 1.42. The van der Waals surface area contributed by atoms with Crippen LogP contribution in [0.15, 0.2) is 0 Å². The minimum atomic E-state index is -3.15. The van der Waals surface area contributed by atoms with E-state index in [0.717, 1.165) is 6.92 Å². The lowest BCUT2D eigenvalue weighted by Crippen LogP contribution is -2.49. The van der Waals surface area contributed by atoms with E-state index >= 15 is 0 Å². The summed E-state index contributed by atoms with van der Waals surface area (Å²) in [5.74, 6) is -1.08. The van der Waals surface area contributed by atoms with E-state index in [1.165, 1.54) is 0 Å². The Morgan fingerprint density at radius 1 is 1.56 bits per heavy atom. The Kier molecular flexibility index (Phi) is 10.7. The summed E-state index contributed by atoms with van der Waals surface area (Å²) in [7, 11) is -3.15. The number of rotatable bonds is 5. The van der Waals surface area contributed by atoms with E-state index in [0.29, 0.717) is 0 Å². The van der Waals surface area contributed by atoms with Crippen molar-refractivity contribution in [2.75, 3.05) is 11.8 Å². The van der Waals surface area contributed by atoms with Crippen LogP contribution in [0.25, 0.3) is 0 Å². The molecule has 0 aromatic heterocycles. The monoisotopic (exact) mass is 295 g/mol. The molecule has 0 aliphatic carbocycles. The molecule has 0 saturated heterocycles. The van der Waals surface area contributed by atoms with E-state index in [1.54, 1.807) is 0 Å². The lowest BCUT2D eigenvalue weighted by molar-refractivity contribution is -0.644. The first-order valence-corrected chi connectivity index (χ1v) is 5.88. The molecule has 7 nitrogen and oxygen atoms in total. The van der Waals surface area contributed by atoms with Crippen LogP contribution in [0.3, 0.4) is 0 Å². The summed E-state index contributed by atoms with van der Waals surface area (Å²) in [5.41, 5.74) is -1.70. The molecule has 0 heterocycles. The Morgan fingerprint density at radius 2 is 1.88 bits per heavy atom. The highest BCUT2D eigenvalue weighted by Gasteiger charge is 2.36. The highest BCUT2D eigenvalue weighted by Crippen LogP contribution is 2.15. The zero-order chi connectivity index (χ0) is 13.4. The van der Waals surface area contributed by atoms with Crippen molar-refractivity contribution in [3.63, 3.8) is 0 Å². The lowest BCUT2D eigenvalue weighted by atomic mass is 9.99. The number of aliphatic hydroxyl groups is 2. The second kappa shape index (κ2) is 9.21. The minimum absolute atomic E-state index is 0.267. The fourth-order valence-corrected chi connectivity index (χ4v) is 1.14. The predicted octanol–water partition coefficient (Wildman–Crippen LogP) is -1.56. The molecule has 0 spiro atoms. The van der Waals surface area contributed by atoms with Crippen LogP contribution in [-0.2, 0) is 14.0 Å². The van der Waals surface area contributed by atoms with Crippen molar-refractivity contribution in [2.24, 2.45) is 0 Å². The summed E-state index contributed by atoms with van der Waals surface area (Å²) in [6, 6.07) is 0. The Hall–Kier alpha value is 0.150. The molecule has 96 valence electrons. The topological polar surface area (TPSA) is 130 Å². The fourth-order valence-electron chi connectivity index (χ4n) is 0.560. The van der Waals surface area contributed by atoms with Gasteiger partial charge in [-0.15, -0.1) is 23.2 Å². The maximum atomic E-state index is 10.6. The number of hydrogen-bond donors (Lipinski definition) is 2. The molecular weight excluding hydrogens is 286 g/mol. The number of halogens is 2. The molecule has 0 amide bonds. The van der Waals surface area contributed by atoms with Crippen LogP contribution in [0.2, 0.25) is 0 Å². The number of aliphatic hydroxyl groups excluding tert-OH is 1. The van der Waals surface area contributed by atoms with Crippen LogP contribution < -0.4 is 10.2 Å². The van der Waals surface area contributed by atoms with E-state index in [4.69, 9.17) is 43.0 Å². The Labute approximate surface area is 102 Å². The molecule has 0 saturated carbocycles. The van der Waals surface area contributed by atoms with Gasteiger partial charge in [0.15, 0.2) is 5.78 Å². The number of ketones is 1. The molecule has 0 aliphatic heterocycles. The summed E-state index contributed by atoms with van der Waals surface area (Å²) < 4.78 is 11.3. The largest absolute Gasteiger partial charge is 0.674 e. The standard InChI is InChI=1S/C6H10Cl2O3.HO4P/c1-4(9)5(10)6(11,2-7)3-8;1-4-5(2)3/h5,10-11H,2-3H2,1H3;1H/p-1. The van der Waals surface area contributed by atoms with Gasteiger partial charge in [0.05, 0.1) is 11.8 Å². The molecule has 2 atom stereocenters. The van der Waals surface area contributed by atoms with Crippen LogP contribution >= 0.6 is 31.5 Å². The van der Waals surface area contributed by atoms with Gasteiger partial charge in [-0.2, -0.15) is 0 Å². The first kappa shape index (κ1) is 18.5. The quantitative estimate of drug-likeness (QED) is 0.271. The van der Waals surface area contributed by atoms with Crippen LogP contribution in [0, 0.1) is 0 Å². The zero-order valence-corrected chi connectivity index (χ0v) is 10.5. The number of alkyl halides is 2. The van der Waals surface area contributed by atoms with Gasteiger partial charge in [-0.05, 0) is 11.5 Å². The van der Waals surface area contributed by atoms with Gasteiger partial charge in [0.1, 0.15) is 11.7 Å². The molecule has 16 heavy (non-hydrogen) atoms.